The molecular formula is C13H13ClFNO5. The molecule has 6 nitrogen and oxygen atoms in total. The monoisotopic (exact) mass is 317 g/mol. The van der Waals surface area contributed by atoms with Gasteiger partial charge in [-0.15, -0.1) is 0 Å². The van der Waals surface area contributed by atoms with Crippen molar-refractivity contribution >= 4 is 29.4 Å². The van der Waals surface area contributed by atoms with Gasteiger partial charge in [-0.25, -0.2) is 4.39 Å². The lowest BCUT2D eigenvalue weighted by atomic mass is 10.2. The molecule has 1 aromatic carbocycles. The van der Waals surface area contributed by atoms with Crippen molar-refractivity contribution in [2.24, 2.45) is 0 Å². The third kappa shape index (κ3) is 4.71. The molecule has 114 valence electrons. The molecule has 8 heteroatoms. The van der Waals surface area contributed by atoms with Gasteiger partial charge < -0.3 is 14.4 Å². The average Bonchev–Trinajstić information content (AvgIpc) is 2.48. The van der Waals surface area contributed by atoms with Gasteiger partial charge >= 0.3 is 11.9 Å². The summed E-state index contributed by atoms with van der Waals surface area (Å²) in [5.74, 6) is -2.94. The molecule has 0 unspecified atom stereocenters. The van der Waals surface area contributed by atoms with Crippen molar-refractivity contribution in [2.45, 2.75) is 0 Å². The summed E-state index contributed by atoms with van der Waals surface area (Å²) in [6.45, 7) is -0.927. The molecule has 0 N–H and O–H groups in total. The molecule has 0 aliphatic rings. The number of ether oxygens (including phenoxy) is 2. The third-order valence-electron chi connectivity index (χ3n) is 2.55. The van der Waals surface area contributed by atoms with Crippen LogP contribution in [-0.4, -0.2) is 50.1 Å². The molecule has 1 aromatic rings. The highest BCUT2D eigenvalue weighted by atomic mass is 35.5. The quantitative estimate of drug-likeness (QED) is 0.765. The lowest BCUT2D eigenvalue weighted by molar-refractivity contribution is -0.144. The van der Waals surface area contributed by atoms with E-state index in [2.05, 4.69) is 9.47 Å². The first-order valence-electron chi connectivity index (χ1n) is 5.77. The van der Waals surface area contributed by atoms with Crippen LogP contribution in [0, 0.1) is 5.82 Å². The number of carbonyl (C=O) groups excluding carboxylic acids is 3. The zero-order valence-electron chi connectivity index (χ0n) is 11.4. The summed E-state index contributed by atoms with van der Waals surface area (Å²) in [4.78, 5) is 35.7. The molecule has 0 fully saturated rings. The molecule has 0 aliphatic carbocycles. The number of hydrogen-bond donors (Lipinski definition) is 0. The lowest BCUT2D eigenvalue weighted by Gasteiger charge is -2.20. The Morgan fingerprint density at radius 3 is 2.10 bits per heavy atom. The second-order valence-electron chi connectivity index (χ2n) is 3.94. The molecule has 21 heavy (non-hydrogen) atoms. The van der Waals surface area contributed by atoms with Crippen molar-refractivity contribution in [2.75, 3.05) is 27.3 Å². The van der Waals surface area contributed by atoms with Gasteiger partial charge in [-0.2, -0.15) is 0 Å². The highest BCUT2D eigenvalue weighted by Crippen LogP contribution is 2.17. The summed E-state index contributed by atoms with van der Waals surface area (Å²) >= 11 is 5.53. The highest BCUT2D eigenvalue weighted by Gasteiger charge is 2.23. The van der Waals surface area contributed by atoms with Gasteiger partial charge in [0.05, 0.1) is 19.2 Å². The van der Waals surface area contributed by atoms with Crippen molar-refractivity contribution < 1.29 is 28.2 Å². The second kappa shape index (κ2) is 7.58. The standard InChI is InChI=1S/C13H13ClFNO5/c1-20-11(17)6-16(7-12(18)21-2)13(19)8-3-4-9(14)10(15)5-8/h3-5H,6-7H2,1-2H3. The van der Waals surface area contributed by atoms with E-state index in [0.717, 1.165) is 25.2 Å². The van der Waals surface area contributed by atoms with Crippen LogP contribution in [0.5, 0.6) is 0 Å². The maximum absolute atomic E-state index is 13.4. The fraction of sp³-hybridized carbons (Fsp3) is 0.308. The van der Waals surface area contributed by atoms with Gasteiger partial charge in [0.1, 0.15) is 18.9 Å². The molecule has 0 saturated heterocycles. The normalized spacial score (nSPS) is 9.90. The highest BCUT2D eigenvalue weighted by molar-refractivity contribution is 6.30. The summed E-state index contributed by atoms with van der Waals surface area (Å²) in [6, 6.07) is 3.42. The Morgan fingerprint density at radius 2 is 1.67 bits per heavy atom. The Morgan fingerprint density at radius 1 is 1.14 bits per heavy atom. The van der Waals surface area contributed by atoms with E-state index >= 15 is 0 Å². The molecule has 1 amide bonds. The molecule has 0 spiro atoms. The summed E-state index contributed by atoms with van der Waals surface area (Å²) in [6.07, 6.45) is 0. The molecule has 1 rings (SSSR count). The summed E-state index contributed by atoms with van der Waals surface area (Å²) in [5.41, 5.74) is -0.0512. The maximum Gasteiger partial charge on any atom is 0.325 e. The number of methoxy groups -OCH3 is 2. The van der Waals surface area contributed by atoms with Crippen LogP contribution in [0.2, 0.25) is 5.02 Å². The molecule has 0 heterocycles. The number of nitrogens with zero attached hydrogens (tertiary/aromatic N) is 1. The Kier molecular flexibility index (Phi) is 6.10. The maximum atomic E-state index is 13.4. The molecule has 0 saturated carbocycles. The number of rotatable bonds is 5. The molecular weight excluding hydrogens is 305 g/mol. The summed E-state index contributed by atoms with van der Waals surface area (Å²) in [5, 5.41) is -0.140. The number of benzene rings is 1. The number of carbonyl (C=O) groups is 3. The summed E-state index contributed by atoms with van der Waals surface area (Å²) in [7, 11) is 2.29. The smallest absolute Gasteiger partial charge is 0.325 e. The molecule has 0 aliphatic heterocycles. The average molecular weight is 318 g/mol. The van der Waals surface area contributed by atoms with Crippen LogP contribution < -0.4 is 0 Å². The minimum atomic E-state index is -0.779. The van der Waals surface area contributed by atoms with Crippen LogP contribution in [0.1, 0.15) is 10.4 Å². The minimum absolute atomic E-state index is 0.0512. The van der Waals surface area contributed by atoms with Gasteiger partial charge in [0.25, 0.3) is 5.91 Å². The van der Waals surface area contributed by atoms with E-state index in [0.29, 0.717) is 0 Å². The first-order chi connectivity index (χ1) is 9.88. The van der Waals surface area contributed by atoms with Crippen LogP contribution >= 0.6 is 11.6 Å². The Labute approximate surface area is 125 Å². The molecule has 0 radical (unpaired) electrons. The zero-order chi connectivity index (χ0) is 16.0. The van der Waals surface area contributed by atoms with Crippen LogP contribution in [0.4, 0.5) is 4.39 Å². The van der Waals surface area contributed by atoms with Gasteiger partial charge in [0.2, 0.25) is 0 Å². The van der Waals surface area contributed by atoms with E-state index < -0.39 is 36.8 Å². The molecule has 0 aromatic heterocycles. The van der Waals surface area contributed by atoms with Crippen molar-refractivity contribution in [1.82, 2.24) is 4.90 Å². The topological polar surface area (TPSA) is 72.9 Å². The number of hydrogen-bond acceptors (Lipinski definition) is 5. The van der Waals surface area contributed by atoms with E-state index in [1.165, 1.54) is 12.1 Å². The van der Waals surface area contributed by atoms with Crippen LogP contribution in [0.25, 0.3) is 0 Å². The van der Waals surface area contributed by atoms with Crippen LogP contribution in [0.15, 0.2) is 18.2 Å². The van der Waals surface area contributed by atoms with Gasteiger partial charge in [-0.1, -0.05) is 11.6 Å². The Bertz CT molecular complexity index is 545. The van der Waals surface area contributed by atoms with E-state index in [-0.39, 0.29) is 10.6 Å². The first kappa shape index (κ1) is 16.9. The Balaban J connectivity index is 2.99. The zero-order valence-corrected chi connectivity index (χ0v) is 12.1. The molecule has 0 bridgehead atoms. The van der Waals surface area contributed by atoms with E-state index in [4.69, 9.17) is 11.6 Å². The fourth-order valence-corrected chi connectivity index (χ4v) is 1.57. The molecule has 0 atom stereocenters. The lowest BCUT2D eigenvalue weighted by Crippen LogP contribution is -2.40. The van der Waals surface area contributed by atoms with E-state index in [1.54, 1.807) is 0 Å². The fourth-order valence-electron chi connectivity index (χ4n) is 1.45. The number of halogens is 2. The van der Waals surface area contributed by atoms with Crippen LogP contribution in [-0.2, 0) is 19.1 Å². The van der Waals surface area contributed by atoms with Gasteiger partial charge in [0.15, 0.2) is 0 Å². The largest absolute Gasteiger partial charge is 0.468 e. The third-order valence-corrected chi connectivity index (χ3v) is 2.86. The first-order valence-corrected chi connectivity index (χ1v) is 6.14. The Hall–Kier alpha value is -2.15. The van der Waals surface area contributed by atoms with Gasteiger partial charge in [0, 0.05) is 5.56 Å². The number of esters is 2. The van der Waals surface area contributed by atoms with E-state index in [1.807, 2.05) is 0 Å². The van der Waals surface area contributed by atoms with Crippen molar-refractivity contribution in [3.05, 3.63) is 34.6 Å². The van der Waals surface area contributed by atoms with Crippen molar-refractivity contribution in [3.63, 3.8) is 0 Å². The van der Waals surface area contributed by atoms with Crippen molar-refractivity contribution in [3.8, 4) is 0 Å². The number of amides is 1. The van der Waals surface area contributed by atoms with E-state index in [9.17, 15) is 18.8 Å². The SMILES string of the molecule is COC(=O)CN(CC(=O)OC)C(=O)c1ccc(Cl)c(F)c1. The second-order valence-corrected chi connectivity index (χ2v) is 4.35. The van der Waals surface area contributed by atoms with Crippen LogP contribution in [0.3, 0.4) is 0 Å². The summed E-state index contributed by atoms with van der Waals surface area (Å²) < 4.78 is 22.3. The van der Waals surface area contributed by atoms with Gasteiger partial charge in [-0.05, 0) is 18.2 Å². The predicted octanol–water partition coefficient (Wildman–Crippen LogP) is 1.27. The minimum Gasteiger partial charge on any atom is -0.468 e. The van der Waals surface area contributed by atoms with Gasteiger partial charge in [-0.3, -0.25) is 14.4 Å². The van der Waals surface area contributed by atoms with Crippen molar-refractivity contribution in [1.29, 1.82) is 0 Å². The predicted molar refractivity (Wildman–Crippen MR) is 71.3 cm³/mol.